The standard InChI is InChI=1S/C16H18N2O2/c1-10-8-18(9-11(10)2)15-12-5-3-4-6-14(12)17-7-13(15)16(19)20/h3-7,10-11H,8-9H2,1-2H3,(H,19,20). The molecule has 104 valence electrons. The molecule has 2 heterocycles. The number of aromatic carboxylic acids is 1. The van der Waals surface area contributed by atoms with Gasteiger partial charge in [0.15, 0.2) is 0 Å². The first-order chi connectivity index (χ1) is 9.58. The molecule has 4 heteroatoms. The summed E-state index contributed by atoms with van der Waals surface area (Å²) in [5.74, 6) is 0.234. The van der Waals surface area contributed by atoms with Crippen molar-refractivity contribution in [1.29, 1.82) is 0 Å². The molecule has 2 unspecified atom stereocenters. The fraction of sp³-hybridized carbons (Fsp3) is 0.375. The number of aromatic nitrogens is 1. The van der Waals surface area contributed by atoms with Crippen LogP contribution in [0.15, 0.2) is 30.5 Å². The van der Waals surface area contributed by atoms with Crippen LogP contribution in [0, 0.1) is 11.8 Å². The van der Waals surface area contributed by atoms with Crippen molar-refractivity contribution in [3.8, 4) is 0 Å². The fourth-order valence-corrected chi connectivity index (χ4v) is 2.94. The highest BCUT2D eigenvalue weighted by Crippen LogP contribution is 2.35. The van der Waals surface area contributed by atoms with Crippen molar-refractivity contribution in [3.63, 3.8) is 0 Å². The Labute approximate surface area is 118 Å². The maximum atomic E-state index is 11.5. The zero-order valence-electron chi connectivity index (χ0n) is 11.7. The van der Waals surface area contributed by atoms with E-state index in [2.05, 4.69) is 23.7 Å². The molecule has 20 heavy (non-hydrogen) atoms. The predicted molar refractivity (Wildman–Crippen MR) is 79.2 cm³/mol. The van der Waals surface area contributed by atoms with E-state index in [9.17, 15) is 9.90 Å². The van der Waals surface area contributed by atoms with Gasteiger partial charge in [0.25, 0.3) is 0 Å². The fourth-order valence-electron chi connectivity index (χ4n) is 2.94. The lowest BCUT2D eigenvalue weighted by atomic mass is 10.0. The minimum Gasteiger partial charge on any atom is -0.478 e. The highest BCUT2D eigenvalue weighted by molar-refractivity contribution is 6.04. The van der Waals surface area contributed by atoms with Gasteiger partial charge in [-0.25, -0.2) is 4.79 Å². The summed E-state index contributed by atoms with van der Waals surface area (Å²) in [5.41, 5.74) is 1.96. The monoisotopic (exact) mass is 270 g/mol. The molecule has 2 atom stereocenters. The van der Waals surface area contributed by atoms with Crippen LogP contribution in [0.4, 0.5) is 5.69 Å². The van der Waals surface area contributed by atoms with Crippen molar-refractivity contribution < 1.29 is 9.90 Å². The van der Waals surface area contributed by atoms with Crippen molar-refractivity contribution >= 4 is 22.6 Å². The van der Waals surface area contributed by atoms with Gasteiger partial charge in [0.1, 0.15) is 5.56 Å². The first kappa shape index (κ1) is 12.9. The summed E-state index contributed by atoms with van der Waals surface area (Å²) < 4.78 is 0. The number of carboxylic acid groups (broad SMARTS) is 1. The van der Waals surface area contributed by atoms with E-state index in [-0.39, 0.29) is 0 Å². The van der Waals surface area contributed by atoms with E-state index in [1.807, 2.05) is 24.3 Å². The van der Waals surface area contributed by atoms with E-state index >= 15 is 0 Å². The molecule has 0 bridgehead atoms. The average Bonchev–Trinajstić information content (AvgIpc) is 2.77. The molecular weight excluding hydrogens is 252 g/mol. The largest absolute Gasteiger partial charge is 0.478 e. The number of hydrogen-bond acceptors (Lipinski definition) is 3. The summed E-state index contributed by atoms with van der Waals surface area (Å²) >= 11 is 0. The number of hydrogen-bond donors (Lipinski definition) is 1. The number of benzene rings is 1. The lowest BCUT2D eigenvalue weighted by Crippen LogP contribution is -2.23. The van der Waals surface area contributed by atoms with Crippen molar-refractivity contribution in [2.75, 3.05) is 18.0 Å². The van der Waals surface area contributed by atoms with Crippen molar-refractivity contribution in [3.05, 3.63) is 36.0 Å². The highest BCUT2D eigenvalue weighted by atomic mass is 16.4. The number of anilines is 1. The Bertz CT molecular complexity index is 659. The summed E-state index contributed by atoms with van der Waals surface area (Å²) in [5, 5.41) is 10.4. The second-order valence-electron chi connectivity index (χ2n) is 5.70. The van der Waals surface area contributed by atoms with E-state index in [0.717, 1.165) is 29.7 Å². The van der Waals surface area contributed by atoms with E-state index < -0.39 is 5.97 Å². The number of fused-ring (bicyclic) bond motifs is 1. The second kappa shape index (κ2) is 4.78. The molecule has 1 aliphatic rings. The van der Waals surface area contributed by atoms with Gasteiger partial charge < -0.3 is 10.0 Å². The molecule has 1 aromatic carbocycles. The van der Waals surface area contributed by atoms with Crippen LogP contribution in [-0.4, -0.2) is 29.1 Å². The Morgan fingerprint density at radius 3 is 2.55 bits per heavy atom. The molecule has 4 nitrogen and oxygen atoms in total. The SMILES string of the molecule is CC1CN(c2c(C(=O)O)cnc3ccccc23)CC1C. The van der Waals surface area contributed by atoms with Gasteiger partial charge in [0.05, 0.1) is 11.2 Å². The topological polar surface area (TPSA) is 53.4 Å². The first-order valence-corrected chi connectivity index (χ1v) is 6.94. The normalized spacial score (nSPS) is 22.4. The zero-order valence-corrected chi connectivity index (χ0v) is 11.7. The molecule has 0 amide bonds. The van der Waals surface area contributed by atoms with Crippen LogP contribution in [0.25, 0.3) is 10.9 Å². The number of rotatable bonds is 2. The highest BCUT2D eigenvalue weighted by Gasteiger charge is 2.30. The van der Waals surface area contributed by atoms with Gasteiger partial charge in [-0.3, -0.25) is 4.98 Å². The first-order valence-electron chi connectivity index (χ1n) is 6.94. The van der Waals surface area contributed by atoms with Gasteiger partial charge in [-0.05, 0) is 17.9 Å². The summed E-state index contributed by atoms with van der Waals surface area (Å²) in [7, 11) is 0. The van der Waals surface area contributed by atoms with Crippen molar-refractivity contribution in [1.82, 2.24) is 4.98 Å². The number of nitrogens with zero attached hydrogens (tertiary/aromatic N) is 2. The summed E-state index contributed by atoms with van der Waals surface area (Å²) in [6.07, 6.45) is 1.48. The number of carboxylic acids is 1. The maximum Gasteiger partial charge on any atom is 0.339 e. The molecule has 2 aromatic rings. The second-order valence-corrected chi connectivity index (χ2v) is 5.70. The van der Waals surface area contributed by atoms with Crippen molar-refractivity contribution in [2.45, 2.75) is 13.8 Å². The van der Waals surface area contributed by atoms with E-state index in [1.165, 1.54) is 6.20 Å². The maximum absolute atomic E-state index is 11.5. The third kappa shape index (κ3) is 2.01. The van der Waals surface area contributed by atoms with Crippen molar-refractivity contribution in [2.24, 2.45) is 11.8 Å². The predicted octanol–water partition coefficient (Wildman–Crippen LogP) is 3.03. The van der Waals surface area contributed by atoms with Crippen LogP contribution in [0.3, 0.4) is 0 Å². The van der Waals surface area contributed by atoms with Crippen LogP contribution in [0.2, 0.25) is 0 Å². The Balaban J connectivity index is 2.20. The van der Waals surface area contributed by atoms with Crippen LogP contribution < -0.4 is 4.90 Å². The smallest absolute Gasteiger partial charge is 0.339 e. The van der Waals surface area contributed by atoms with Gasteiger partial charge in [-0.15, -0.1) is 0 Å². The van der Waals surface area contributed by atoms with Gasteiger partial charge >= 0.3 is 5.97 Å². The van der Waals surface area contributed by atoms with E-state index in [1.54, 1.807) is 0 Å². The van der Waals surface area contributed by atoms with Crippen LogP contribution in [0.1, 0.15) is 24.2 Å². The third-order valence-electron chi connectivity index (χ3n) is 4.28. The zero-order chi connectivity index (χ0) is 14.3. The Morgan fingerprint density at radius 1 is 1.25 bits per heavy atom. The lowest BCUT2D eigenvalue weighted by molar-refractivity contribution is 0.0697. The molecule has 0 spiro atoms. The number of para-hydroxylation sites is 1. The molecule has 1 fully saturated rings. The number of carbonyl (C=O) groups is 1. The Morgan fingerprint density at radius 2 is 1.90 bits per heavy atom. The molecule has 1 aliphatic heterocycles. The van der Waals surface area contributed by atoms with Gasteiger partial charge in [-0.2, -0.15) is 0 Å². The van der Waals surface area contributed by atoms with Gasteiger partial charge in [0.2, 0.25) is 0 Å². The summed E-state index contributed by atoms with van der Waals surface area (Å²) in [6.45, 7) is 6.23. The Kier molecular flexibility index (Phi) is 3.08. The molecule has 3 rings (SSSR count). The number of pyridine rings is 1. The average molecular weight is 270 g/mol. The molecule has 1 N–H and O–H groups in total. The molecule has 0 radical (unpaired) electrons. The van der Waals surface area contributed by atoms with Crippen LogP contribution in [0.5, 0.6) is 0 Å². The van der Waals surface area contributed by atoms with E-state index in [4.69, 9.17) is 0 Å². The minimum atomic E-state index is -0.912. The molecular formula is C16H18N2O2. The van der Waals surface area contributed by atoms with Gasteiger partial charge in [-0.1, -0.05) is 32.0 Å². The molecule has 1 aromatic heterocycles. The summed E-state index contributed by atoms with van der Waals surface area (Å²) in [6, 6.07) is 7.74. The Hall–Kier alpha value is -2.10. The minimum absolute atomic E-state index is 0.296. The van der Waals surface area contributed by atoms with Crippen LogP contribution in [-0.2, 0) is 0 Å². The van der Waals surface area contributed by atoms with E-state index in [0.29, 0.717) is 17.4 Å². The van der Waals surface area contributed by atoms with Crippen LogP contribution >= 0.6 is 0 Å². The van der Waals surface area contributed by atoms with Gasteiger partial charge in [0, 0.05) is 24.7 Å². The third-order valence-corrected chi connectivity index (χ3v) is 4.28. The summed E-state index contributed by atoms with van der Waals surface area (Å²) in [4.78, 5) is 18.0. The molecule has 1 saturated heterocycles. The molecule has 0 saturated carbocycles. The quantitative estimate of drug-likeness (QED) is 0.911. The molecule has 0 aliphatic carbocycles. The lowest BCUT2D eigenvalue weighted by Gasteiger charge is -2.22.